The fourth-order valence-electron chi connectivity index (χ4n) is 3.82. The maximum Gasteiger partial charge on any atom is 0.266 e. The quantitative estimate of drug-likeness (QED) is 0.591. The van der Waals surface area contributed by atoms with Gasteiger partial charge in [0.1, 0.15) is 29.2 Å². The lowest BCUT2D eigenvalue weighted by Crippen LogP contribution is -2.36. The van der Waals surface area contributed by atoms with Crippen LogP contribution < -0.4 is 19.7 Å². The molecule has 2 aliphatic heterocycles. The summed E-state index contributed by atoms with van der Waals surface area (Å²) >= 11 is 0. The van der Waals surface area contributed by atoms with Crippen molar-refractivity contribution in [2.75, 3.05) is 43.6 Å². The Balaban J connectivity index is 1.50. The second-order valence-corrected chi connectivity index (χ2v) is 7.60. The first-order chi connectivity index (χ1) is 15.1. The number of anilines is 2. The van der Waals surface area contributed by atoms with Crippen molar-refractivity contribution in [2.24, 2.45) is 0 Å². The summed E-state index contributed by atoms with van der Waals surface area (Å²) in [6.45, 7) is 5.12. The van der Waals surface area contributed by atoms with Crippen LogP contribution in [0.5, 0.6) is 11.5 Å². The lowest BCUT2D eigenvalue weighted by Gasteiger charge is -2.28. The Labute approximate surface area is 181 Å². The van der Waals surface area contributed by atoms with Gasteiger partial charge in [-0.05, 0) is 49.4 Å². The minimum absolute atomic E-state index is 0.0125. The van der Waals surface area contributed by atoms with Crippen molar-refractivity contribution in [3.8, 4) is 17.6 Å². The van der Waals surface area contributed by atoms with Crippen molar-refractivity contribution < 1.29 is 19.0 Å². The summed E-state index contributed by atoms with van der Waals surface area (Å²) < 4.78 is 16.6. The van der Waals surface area contributed by atoms with Crippen LogP contribution in [0.2, 0.25) is 0 Å². The molecule has 2 aliphatic rings. The van der Waals surface area contributed by atoms with Crippen LogP contribution in [-0.2, 0) is 16.0 Å². The first-order valence-corrected chi connectivity index (χ1v) is 10.3. The molecule has 1 unspecified atom stereocenters. The molecule has 31 heavy (non-hydrogen) atoms. The normalized spacial score (nSPS) is 18.0. The Morgan fingerprint density at radius 3 is 2.68 bits per heavy atom. The highest BCUT2D eigenvalue weighted by Gasteiger charge is 2.22. The van der Waals surface area contributed by atoms with Crippen LogP contribution in [0.1, 0.15) is 18.1 Å². The number of methoxy groups -OCH3 is 1. The van der Waals surface area contributed by atoms with E-state index in [1.54, 1.807) is 7.11 Å². The minimum Gasteiger partial charge on any atom is -0.496 e. The number of ether oxygens (including phenoxy) is 3. The topological polar surface area (TPSA) is 83.8 Å². The lowest BCUT2D eigenvalue weighted by molar-refractivity contribution is -0.112. The molecular formula is C24H25N3O4. The largest absolute Gasteiger partial charge is 0.496 e. The molecule has 2 aromatic carbocycles. The van der Waals surface area contributed by atoms with Crippen LogP contribution in [0.4, 0.5) is 11.4 Å². The third-order valence-corrected chi connectivity index (χ3v) is 5.41. The zero-order chi connectivity index (χ0) is 21.8. The molecule has 1 N–H and O–H groups in total. The molecule has 7 heteroatoms. The van der Waals surface area contributed by atoms with Crippen LogP contribution in [0.25, 0.3) is 6.08 Å². The molecular weight excluding hydrogens is 394 g/mol. The Kier molecular flexibility index (Phi) is 6.10. The summed E-state index contributed by atoms with van der Waals surface area (Å²) in [5.74, 6) is 0.890. The number of amides is 1. The van der Waals surface area contributed by atoms with Crippen molar-refractivity contribution in [3.05, 3.63) is 53.1 Å². The Hall–Kier alpha value is -3.50. The molecule has 1 atom stereocenters. The van der Waals surface area contributed by atoms with Crippen molar-refractivity contribution in [2.45, 2.75) is 19.4 Å². The molecule has 1 amide bonds. The average Bonchev–Trinajstić information content (AvgIpc) is 3.16. The van der Waals surface area contributed by atoms with E-state index >= 15 is 0 Å². The second kappa shape index (κ2) is 9.11. The summed E-state index contributed by atoms with van der Waals surface area (Å²) in [5.41, 5.74) is 3.38. The maximum atomic E-state index is 12.7. The predicted octanol–water partition coefficient (Wildman–Crippen LogP) is 3.40. The van der Waals surface area contributed by atoms with Crippen molar-refractivity contribution in [1.82, 2.24) is 0 Å². The van der Waals surface area contributed by atoms with Crippen molar-refractivity contribution >= 4 is 23.4 Å². The van der Waals surface area contributed by atoms with E-state index in [2.05, 4.69) is 10.2 Å². The second-order valence-electron chi connectivity index (χ2n) is 7.60. The molecule has 0 radical (unpaired) electrons. The first kappa shape index (κ1) is 20.8. The van der Waals surface area contributed by atoms with E-state index in [0.29, 0.717) is 30.2 Å². The van der Waals surface area contributed by atoms with Gasteiger partial charge in [0, 0.05) is 42.0 Å². The third kappa shape index (κ3) is 4.65. The number of rotatable bonds is 5. The highest BCUT2D eigenvalue weighted by atomic mass is 16.5. The number of carbonyl (C=O) groups is 1. The molecule has 0 spiro atoms. The van der Waals surface area contributed by atoms with Gasteiger partial charge in [-0.25, -0.2) is 0 Å². The van der Waals surface area contributed by atoms with Gasteiger partial charge in [-0.3, -0.25) is 4.79 Å². The average molecular weight is 419 g/mol. The number of fused-ring (bicyclic) bond motifs is 1. The number of hydrogen-bond acceptors (Lipinski definition) is 6. The van der Waals surface area contributed by atoms with Crippen LogP contribution in [0.3, 0.4) is 0 Å². The molecule has 1 fully saturated rings. The summed E-state index contributed by atoms with van der Waals surface area (Å²) in [6.07, 6.45) is 2.43. The number of nitriles is 1. The third-order valence-electron chi connectivity index (χ3n) is 5.41. The van der Waals surface area contributed by atoms with Gasteiger partial charge in [-0.15, -0.1) is 0 Å². The number of morpholine rings is 1. The van der Waals surface area contributed by atoms with E-state index in [9.17, 15) is 10.1 Å². The van der Waals surface area contributed by atoms with E-state index in [0.717, 1.165) is 36.5 Å². The van der Waals surface area contributed by atoms with E-state index < -0.39 is 5.91 Å². The smallest absolute Gasteiger partial charge is 0.266 e. The first-order valence-electron chi connectivity index (χ1n) is 10.3. The van der Waals surface area contributed by atoms with Crippen molar-refractivity contribution in [1.29, 1.82) is 5.26 Å². The molecule has 1 saturated heterocycles. The van der Waals surface area contributed by atoms with Crippen LogP contribution >= 0.6 is 0 Å². The fourth-order valence-corrected chi connectivity index (χ4v) is 3.82. The van der Waals surface area contributed by atoms with E-state index in [1.165, 1.54) is 6.08 Å². The molecule has 4 rings (SSSR count). The predicted molar refractivity (Wildman–Crippen MR) is 118 cm³/mol. The summed E-state index contributed by atoms with van der Waals surface area (Å²) in [7, 11) is 1.57. The molecule has 0 bridgehead atoms. The van der Waals surface area contributed by atoms with Gasteiger partial charge >= 0.3 is 0 Å². The fraction of sp³-hybridized carbons (Fsp3) is 0.333. The van der Waals surface area contributed by atoms with Gasteiger partial charge in [0.2, 0.25) is 0 Å². The number of carbonyl (C=O) groups excluding carboxylic acids is 1. The highest BCUT2D eigenvalue weighted by Crippen LogP contribution is 2.36. The molecule has 7 nitrogen and oxygen atoms in total. The Bertz CT molecular complexity index is 1030. The number of nitrogens with one attached hydrogen (secondary N) is 1. The minimum atomic E-state index is -0.474. The molecule has 0 saturated carbocycles. The monoisotopic (exact) mass is 419 g/mol. The van der Waals surface area contributed by atoms with Crippen LogP contribution in [0.15, 0.2) is 42.0 Å². The van der Waals surface area contributed by atoms with Crippen LogP contribution in [-0.4, -0.2) is 45.4 Å². The number of benzene rings is 2. The molecule has 0 aromatic heterocycles. The van der Waals surface area contributed by atoms with Gasteiger partial charge < -0.3 is 24.4 Å². The summed E-state index contributed by atoms with van der Waals surface area (Å²) in [5, 5.41) is 12.4. The SMILES string of the molecule is COc1cc2c(cc1/C=C(\C#N)C(=O)Nc1ccc(N3CCOCC3)cc1)OC(C)C2. The Morgan fingerprint density at radius 1 is 1.26 bits per heavy atom. The number of nitrogens with zero attached hydrogens (tertiary/aromatic N) is 2. The summed E-state index contributed by atoms with van der Waals surface area (Å²) in [4.78, 5) is 15.0. The molecule has 2 heterocycles. The standard InChI is InChI=1S/C24H25N3O4/c1-16-11-17-13-22(29-2)18(14-23(17)31-16)12-19(15-25)24(28)26-20-3-5-21(6-4-20)27-7-9-30-10-8-27/h3-6,12-14,16H,7-11H2,1-2H3,(H,26,28)/b19-12+. The zero-order valence-electron chi connectivity index (χ0n) is 17.7. The van der Waals surface area contributed by atoms with E-state index in [1.807, 2.05) is 49.4 Å². The molecule has 0 aliphatic carbocycles. The lowest BCUT2D eigenvalue weighted by atomic mass is 10.0. The van der Waals surface area contributed by atoms with Crippen molar-refractivity contribution in [3.63, 3.8) is 0 Å². The maximum absolute atomic E-state index is 12.7. The van der Waals surface area contributed by atoms with Gasteiger partial charge in [0.05, 0.1) is 20.3 Å². The van der Waals surface area contributed by atoms with Gasteiger partial charge in [-0.2, -0.15) is 5.26 Å². The van der Waals surface area contributed by atoms with Crippen LogP contribution in [0, 0.1) is 11.3 Å². The molecule has 160 valence electrons. The summed E-state index contributed by atoms with van der Waals surface area (Å²) in [6, 6.07) is 13.3. The number of hydrogen-bond donors (Lipinski definition) is 1. The van der Waals surface area contributed by atoms with E-state index in [4.69, 9.17) is 14.2 Å². The van der Waals surface area contributed by atoms with Gasteiger partial charge in [0.15, 0.2) is 0 Å². The molecule has 2 aromatic rings. The highest BCUT2D eigenvalue weighted by molar-refractivity contribution is 6.10. The zero-order valence-corrected chi connectivity index (χ0v) is 17.7. The van der Waals surface area contributed by atoms with Gasteiger partial charge in [-0.1, -0.05) is 0 Å². The van der Waals surface area contributed by atoms with E-state index in [-0.39, 0.29) is 11.7 Å². The Morgan fingerprint density at radius 2 is 2.00 bits per heavy atom. The van der Waals surface area contributed by atoms with Gasteiger partial charge in [0.25, 0.3) is 5.91 Å².